The van der Waals surface area contributed by atoms with Crippen molar-refractivity contribution < 1.29 is 0 Å². The maximum atomic E-state index is 3.28. The summed E-state index contributed by atoms with van der Waals surface area (Å²) in [6, 6.07) is 20.4. The van der Waals surface area contributed by atoms with Crippen LogP contribution in [0.25, 0.3) is 0 Å². The molecular weight excluding hydrogens is 210 g/mol. The summed E-state index contributed by atoms with van der Waals surface area (Å²) in [6.45, 7) is 0. The zero-order chi connectivity index (χ0) is 12.1. The van der Waals surface area contributed by atoms with Gasteiger partial charge in [-0.3, -0.25) is 10.0 Å². The Bertz CT molecular complexity index is 398. The zero-order valence-corrected chi connectivity index (χ0v) is 10.2. The Labute approximate surface area is 102 Å². The molecular formula is C14H17N3. The third kappa shape index (κ3) is 2.98. The molecule has 0 spiro atoms. The minimum absolute atomic E-state index is 1.12. The Morgan fingerprint density at radius 1 is 0.647 bits per heavy atom. The van der Waals surface area contributed by atoms with Crippen LogP contribution in [0.5, 0.6) is 0 Å². The van der Waals surface area contributed by atoms with E-state index in [1.165, 1.54) is 0 Å². The predicted molar refractivity (Wildman–Crippen MR) is 72.8 cm³/mol. The van der Waals surface area contributed by atoms with Gasteiger partial charge in [-0.2, -0.15) is 0 Å². The van der Waals surface area contributed by atoms with Gasteiger partial charge in [-0.1, -0.05) is 36.4 Å². The molecule has 0 radical (unpaired) electrons. The van der Waals surface area contributed by atoms with Crippen molar-refractivity contribution in [3.05, 3.63) is 60.7 Å². The number of nitrogens with zero attached hydrogens (tertiary/aromatic N) is 2. The van der Waals surface area contributed by atoms with E-state index in [-0.39, 0.29) is 0 Å². The van der Waals surface area contributed by atoms with Gasteiger partial charge in [0.2, 0.25) is 0 Å². The summed E-state index contributed by atoms with van der Waals surface area (Å²) in [5, 5.41) is 3.96. The van der Waals surface area contributed by atoms with Crippen LogP contribution in [-0.2, 0) is 0 Å². The maximum Gasteiger partial charge on any atom is 0.0534 e. The van der Waals surface area contributed by atoms with Gasteiger partial charge in [0.05, 0.1) is 11.4 Å². The Morgan fingerprint density at radius 2 is 1.00 bits per heavy atom. The average molecular weight is 227 g/mol. The summed E-state index contributed by atoms with van der Waals surface area (Å²) in [7, 11) is 3.99. The van der Waals surface area contributed by atoms with Crippen LogP contribution in [0.4, 0.5) is 11.4 Å². The molecule has 0 saturated carbocycles. The number of para-hydroxylation sites is 2. The maximum absolute atomic E-state index is 3.28. The molecule has 0 aliphatic rings. The van der Waals surface area contributed by atoms with Crippen molar-refractivity contribution in [3.8, 4) is 0 Å². The highest BCUT2D eigenvalue weighted by Crippen LogP contribution is 2.12. The fourth-order valence-electron chi connectivity index (χ4n) is 1.64. The summed E-state index contributed by atoms with van der Waals surface area (Å²) in [6.07, 6.45) is 0. The van der Waals surface area contributed by atoms with E-state index in [0.717, 1.165) is 11.4 Å². The van der Waals surface area contributed by atoms with Crippen LogP contribution >= 0.6 is 0 Å². The molecule has 0 aliphatic heterocycles. The number of benzene rings is 2. The highest BCUT2D eigenvalue weighted by molar-refractivity contribution is 5.48. The second-order valence-corrected chi connectivity index (χ2v) is 3.89. The van der Waals surface area contributed by atoms with E-state index in [0.29, 0.717) is 0 Å². The van der Waals surface area contributed by atoms with Crippen LogP contribution in [-0.4, -0.2) is 14.1 Å². The lowest BCUT2D eigenvalue weighted by Crippen LogP contribution is -2.46. The fraction of sp³-hybridized carbons (Fsp3) is 0.143. The van der Waals surface area contributed by atoms with Crippen molar-refractivity contribution in [3.63, 3.8) is 0 Å². The highest BCUT2D eigenvalue weighted by Gasteiger charge is 2.03. The molecule has 1 N–H and O–H groups in total. The summed E-state index contributed by atoms with van der Waals surface area (Å²) in [5.41, 5.74) is 5.52. The van der Waals surface area contributed by atoms with Crippen LogP contribution in [0.2, 0.25) is 0 Å². The van der Waals surface area contributed by atoms with Gasteiger partial charge < -0.3 is 0 Å². The molecule has 0 unspecified atom stereocenters. The van der Waals surface area contributed by atoms with Gasteiger partial charge in [-0.05, 0) is 24.3 Å². The largest absolute Gasteiger partial charge is 0.294 e. The van der Waals surface area contributed by atoms with Gasteiger partial charge in [0.25, 0.3) is 0 Å². The first-order chi connectivity index (χ1) is 8.27. The fourth-order valence-corrected chi connectivity index (χ4v) is 1.64. The van der Waals surface area contributed by atoms with E-state index in [9.17, 15) is 0 Å². The smallest absolute Gasteiger partial charge is 0.0534 e. The van der Waals surface area contributed by atoms with E-state index in [2.05, 4.69) is 29.8 Å². The average Bonchev–Trinajstić information content (AvgIpc) is 2.40. The number of hydrogen-bond donors (Lipinski definition) is 1. The van der Waals surface area contributed by atoms with Gasteiger partial charge in [0.1, 0.15) is 0 Å². The molecule has 2 aromatic carbocycles. The van der Waals surface area contributed by atoms with Crippen LogP contribution in [0.3, 0.4) is 0 Å². The lowest BCUT2D eigenvalue weighted by molar-refractivity contribution is 0.665. The molecule has 0 fully saturated rings. The molecule has 2 rings (SSSR count). The number of hydrazine groups is 2. The molecule has 3 heteroatoms. The minimum Gasteiger partial charge on any atom is -0.294 e. The second kappa shape index (κ2) is 5.37. The van der Waals surface area contributed by atoms with E-state index < -0.39 is 0 Å². The second-order valence-electron chi connectivity index (χ2n) is 3.89. The van der Waals surface area contributed by atoms with Crippen molar-refractivity contribution >= 4 is 11.4 Å². The Balaban J connectivity index is 2.02. The third-order valence-corrected chi connectivity index (χ3v) is 2.59. The monoisotopic (exact) mass is 227 g/mol. The number of rotatable bonds is 4. The first kappa shape index (κ1) is 11.5. The Hall–Kier alpha value is -2.00. The summed E-state index contributed by atoms with van der Waals surface area (Å²) >= 11 is 0. The summed E-state index contributed by atoms with van der Waals surface area (Å²) in [4.78, 5) is 0. The minimum atomic E-state index is 1.12. The normalized spacial score (nSPS) is 10.0. The van der Waals surface area contributed by atoms with Crippen molar-refractivity contribution in [1.29, 1.82) is 0 Å². The molecule has 0 saturated heterocycles. The lowest BCUT2D eigenvalue weighted by Gasteiger charge is -2.28. The van der Waals surface area contributed by atoms with Gasteiger partial charge in [-0.15, -0.1) is 5.53 Å². The van der Waals surface area contributed by atoms with Crippen LogP contribution in [0, 0.1) is 0 Å². The number of nitrogens with one attached hydrogen (secondary N) is 1. The summed E-state index contributed by atoms with van der Waals surface area (Å²) < 4.78 is 0. The quantitative estimate of drug-likeness (QED) is 0.810. The van der Waals surface area contributed by atoms with Gasteiger partial charge in [0.15, 0.2) is 0 Å². The van der Waals surface area contributed by atoms with Gasteiger partial charge in [-0.25, -0.2) is 0 Å². The molecule has 0 aliphatic carbocycles. The molecule has 0 aromatic heterocycles. The number of anilines is 2. The van der Waals surface area contributed by atoms with Crippen molar-refractivity contribution in [2.75, 3.05) is 24.1 Å². The SMILES string of the molecule is CN(NN(C)c1ccccc1)c1ccccc1. The van der Waals surface area contributed by atoms with Crippen molar-refractivity contribution in [2.24, 2.45) is 0 Å². The van der Waals surface area contributed by atoms with Crippen molar-refractivity contribution in [1.82, 2.24) is 5.53 Å². The molecule has 17 heavy (non-hydrogen) atoms. The van der Waals surface area contributed by atoms with E-state index in [4.69, 9.17) is 0 Å². The van der Waals surface area contributed by atoms with E-state index in [1.54, 1.807) is 0 Å². The molecule has 0 bridgehead atoms. The van der Waals surface area contributed by atoms with Crippen LogP contribution in [0.1, 0.15) is 0 Å². The molecule has 88 valence electrons. The van der Waals surface area contributed by atoms with E-state index in [1.807, 2.05) is 60.5 Å². The van der Waals surface area contributed by atoms with Gasteiger partial charge >= 0.3 is 0 Å². The Morgan fingerprint density at radius 3 is 1.35 bits per heavy atom. The predicted octanol–water partition coefficient (Wildman–Crippen LogP) is 2.68. The topological polar surface area (TPSA) is 18.5 Å². The molecule has 2 aromatic rings. The summed E-state index contributed by atoms with van der Waals surface area (Å²) in [5.74, 6) is 0. The number of hydrogen-bond acceptors (Lipinski definition) is 3. The molecule has 0 heterocycles. The van der Waals surface area contributed by atoms with E-state index >= 15 is 0 Å². The van der Waals surface area contributed by atoms with Crippen molar-refractivity contribution in [2.45, 2.75) is 0 Å². The van der Waals surface area contributed by atoms with Crippen LogP contribution in [0.15, 0.2) is 60.7 Å². The first-order valence-corrected chi connectivity index (χ1v) is 5.61. The molecule has 3 nitrogen and oxygen atoms in total. The lowest BCUT2D eigenvalue weighted by atomic mass is 10.3. The van der Waals surface area contributed by atoms with Gasteiger partial charge in [0, 0.05) is 14.1 Å². The van der Waals surface area contributed by atoms with Crippen LogP contribution < -0.4 is 15.6 Å². The molecule has 0 amide bonds. The standard InChI is InChI=1S/C14H17N3/c1-16(13-9-5-3-6-10-13)15-17(2)14-11-7-4-8-12-14/h3-12,15H,1-2H3. The highest BCUT2D eigenvalue weighted by atomic mass is 15.7. The first-order valence-electron chi connectivity index (χ1n) is 5.61. The third-order valence-electron chi connectivity index (χ3n) is 2.59. The molecule has 0 atom stereocenters. The Kier molecular flexibility index (Phi) is 3.62. The zero-order valence-electron chi connectivity index (χ0n) is 10.2.